The Kier molecular flexibility index (Phi) is 8.04. The maximum absolute atomic E-state index is 13.4. The molecule has 9 nitrogen and oxygen atoms in total. The first-order valence-electron chi connectivity index (χ1n) is 12.2. The highest BCUT2D eigenvalue weighted by molar-refractivity contribution is 8.01. The number of carbonyl (C=O) groups excluding carboxylic acids is 2. The average molecular weight is 538 g/mol. The maximum Gasteiger partial charge on any atom is 0.344 e. The highest BCUT2D eigenvalue weighted by atomic mass is 35.5. The number of benzene rings is 1. The molecule has 1 saturated heterocycles. The lowest BCUT2D eigenvalue weighted by Gasteiger charge is -2.42. The van der Waals surface area contributed by atoms with Gasteiger partial charge < -0.3 is 14.2 Å². The molecule has 2 atom stereocenters. The fraction of sp³-hybridized carbons (Fsp3) is 0.600. The molecule has 2 fully saturated rings. The molecule has 1 N–H and O–H groups in total. The quantitative estimate of drug-likeness (QED) is 0.371. The molecule has 0 spiro atoms. The number of H-pyrrole nitrogens is 1. The summed E-state index contributed by atoms with van der Waals surface area (Å²) in [6.07, 6.45) is 5.03. The van der Waals surface area contributed by atoms with Gasteiger partial charge in [0, 0.05) is 18.5 Å². The number of Topliss-reactive ketones (excluding diaryl/α,β-unsaturated/α-hetero) is 1. The normalized spacial score (nSPS) is 22.8. The lowest BCUT2D eigenvalue weighted by atomic mass is 9.76. The topological polar surface area (TPSA) is 113 Å². The van der Waals surface area contributed by atoms with E-state index >= 15 is 0 Å². The number of methoxy groups -OCH3 is 2. The molecule has 196 valence electrons. The fourth-order valence-electron chi connectivity index (χ4n) is 5.34. The number of hydrogen-bond donors (Lipinski definition) is 1. The maximum atomic E-state index is 13.4. The zero-order valence-corrected chi connectivity index (χ0v) is 22.5. The van der Waals surface area contributed by atoms with Crippen LogP contribution in [0.2, 0.25) is 5.02 Å². The van der Waals surface area contributed by atoms with Crippen molar-refractivity contribution >= 4 is 35.1 Å². The van der Waals surface area contributed by atoms with E-state index in [1.54, 1.807) is 26.4 Å². The van der Waals surface area contributed by atoms with Crippen LogP contribution in [-0.2, 0) is 20.7 Å². The summed E-state index contributed by atoms with van der Waals surface area (Å²) in [5, 5.41) is 6.13. The van der Waals surface area contributed by atoms with Crippen molar-refractivity contribution in [2.45, 2.75) is 80.8 Å². The van der Waals surface area contributed by atoms with Crippen LogP contribution in [0.3, 0.4) is 0 Å². The summed E-state index contributed by atoms with van der Waals surface area (Å²) in [6.45, 7) is 3.68. The van der Waals surface area contributed by atoms with Crippen molar-refractivity contribution in [3.8, 4) is 11.5 Å². The number of aromatic amines is 1. The molecule has 36 heavy (non-hydrogen) atoms. The number of carbonyl (C=O) groups is 2. The molecule has 1 saturated carbocycles. The molecule has 4 rings (SSSR count). The third kappa shape index (κ3) is 5.16. The number of ketones is 1. The van der Waals surface area contributed by atoms with Gasteiger partial charge in [-0.25, -0.2) is 9.89 Å². The summed E-state index contributed by atoms with van der Waals surface area (Å²) in [7, 11) is 3.12. The van der Waals surface area contributed by atoms with E-state index in [4.69, 9.17) is 25.8 Å². The first-order chi connectivity index (χ1) is 17.2. The fourth-order valence-corrected chi connectivity index (χ4v) is 6.68. The van der Waals surface area contributed by atoms with Crippen LogP contribution < -0.4 is 15.2 Å². The summed E-state index contributed by atoms with van der Waals surface area (Å²) >= 11 is 7.34. The Morgan fingerprint density at radius 1 is 1.19 bits per heavy atom. The van der Waals surface area contributed by atoms with E-state index in [1.807, 2.05) is 13.8 Å². The second kappa shape index (κ2) is 10.9. The Balaban J connectivity index is 1.58. The van der Waals surface area contributed by atoms with Gasteiger partial charge in [0.2, 0.25) is 0 Å². The number of aromatic nitrogens is 3. The molecular weight excluding hydrogens is 506 g/mol. The highest BCUT2D eigenvalue weighted by Crippen LogP contribution is 2.46. The van der Waals surface area contributed by atoms with Gasteiger partial charge in [-0.1, -0.05) is 36.2 Å². The van der Waals surface area contributed by atoms with Gasteiger partial charge in [0.15, 0.2) is 16.2 Å². The third-order valence-electron chi connectivity index (χ3n) is 7.17. The van der Waals surface area contributed by atoms with Crippen LogP contribution in [0.25, 0.3) is 0 Å². The number of nitrogens with zero attached hydrogens (tertiary/aromatic N) is 2. The van der Waals surface area contributed by atoms with Crippen LogP contribution in [0.15, 0.2) is 22.1 Å². The van der Waals surface area contributed by atoms with Crippen LogP contribution in [0.1, 0.15) is 64.0 Å². The van der Waals surface area contributed by atoms with E-state index in [0.29, 0.717) is 34.5 Å². The minimum absolute atomic E-state index is 0.107. The van der Waals surface area contributed by atoms with Crippen LogP contribution in [0, 0.1) is 5.92 Å². The second-order valence-electron chi connectivity index (χ2n) is 9.68. The average Bonchev–Trinajstić information content (AvgIpc) is 3.50. The Labute approximate surface area is 219 Å². The summed E-state index contributed by atoms with van der Waals surface area (Å²) in [5.41, 5.74) is -0.405. The zero-order chi connectivity index (χ0) is 26.0. The van der Waals surface area contributed by atoms with Crippen molar-refractivity contribution in [2.75, 3.05) is 14.2 Å². The van der Waals surface area contributed by atoms with Crippen molar-refractivity contribution in [3.63, 3.8) is 0 Å². The van der Waals surface area contributed by atoms with Gasteiger partial charge in [-0.05, 0) is 57.1 Å². The first kappa shape index (κ1) is 26.6. The molecule has 1 aliphatic carbocycles. The molecule has 2 aromatic rings. The predicted octanol–water partition coefficient (Wildman–Crippen LogP) is 4.36. The van der Waals surface area contributed by atoms with Gasteiger partial charge in [0.1, 0.15) is 17.1 Å². The number of halogens is 1. The summed E-state index contributed by atoms with van der Waals surface area (Å²) < 4.78 is 18.5. The number of esters is 1. The Morgan fingerprint density at radius 2 is 1.89 bits per heavy atom. The Bertz CT molecular complexity index is 1170. The largest absolute Gasteiger partial charge is 0.496 e. The van der Waals surface area contributed by atoms with Crippen LogP contribution in [0.4, 0.5) is 0 Å². The van der Waals surface area contributed by atoms with E-state index in [2.05, 4.69) is 10.2 Å². The summed E-state index contributed by atoms with van der Waals surface area (Å²) in [5.74, 6) is 0.475. The number of nitrogens with one attached hydrogen (secondary N) is 1. The molecule has 1 aliphatic heterocycles. The van der Waals surface area contributed by atoms with Crippen molar-refractivity contribution in [1.82, 2.24) is 14.8 Å². The standard InChI is InChI=1S/C25H32ClN3O6S/c1-14(2)29-23(32)27-28-24(29)36-21-18(30)13-25(35-22(21)31,16-7-5-6-8-16)10-9-15-11-17(26)20(34-4)12-19(15)33-3/h11-12,14,16,21H,5-10,13H2,1-4H3,(H,27,32). The molecular formula is C25H32ClN3O6S. The smallest absolute Gasteiger partial charge is 0.344 e. The number of rotatable bonds is 9. The van der Waals surface area contributed by atoms with Crippen molar-refractivity contribution in [2.24, 2.45) is 5.92 Å². The Hall–Kier alpha value is -2.46. The molecule has 1 aromatic heterocycles. The zero-order valence-electron chi connectivity index (χ0n) is 21.0. The molecule has 0 amide bonds. The number of cyclic esters (lactones) is 1. The van der Waals surface area contributed by atoms with Gasteiger partial charge in [-0.3, -0.25) is 14.2 Å². The van der Waals surface area contributed by atoms with E-state index in [0.717, 1.165) is 43.0 Å². The number of ether oxygens (including phenoxy) is 3. The molecule has 2 unspecified atom stereocenters. The van der Waals surface area contributed by atoms with Gasteiger partial charge in [-0.2, -0.15) is 0 Å². The molecule has 1 aromatic carbocycles. The number of aryl methyl sites for hydroxylation is 1. The van der Waals surface area contributed by atoms with Crippen LogP contribution in [-0.4, -0.2) is 51.6 Å². The number of thioether (sulfide) groups is 1. The van der Waals surface area contributed by atoms with E-state index < -0.39 is 16.8 Å². The van der Waals surface area contributed by atoms with Gasteiger partial charge in [0.05, 0.1) is 19.2 Å². The second-order valence-corrected chi connectivity index (χ2v) is 11.2. The van der Waals surface area contributed by atoms with Crippen molar-refractivity contribution in [3.05, 3.63) is 33.2 Å². The molecule has 2 aliphatic rings. The van der Waals surface area contributed by atoms with E-state index in [9.17, 15) is 14.4 Å². The summed E-state index contributed by atoms with van der Waals surface area (Å²) in [6, 6.07) is 3.37. The predicted molar refractivity (Wildman–Crippen MR) is 136 cm³/mol. The SMILES string of the molecule is COc1cc(OC)c(CCC2(C3CCCC3)CC(=O)C(Sc3n[nH]c(=O)n3C(C)C)C(=O)O2)cc1Cl. The van der Waals surface area contributed by atoms with E-state index in [1.165, 1.54) is 4.57 Å². The molecule has 0 radical (unpaired) electrons. The van der Waals surface area contributed by atoms with Gasteiger partial charge in [-0.15, -0.1) is 5.10 Å². The van der Waals surface area contributed by atoms with Gasteiger partial charge >= 0.3 is 11.7 Å². The minimum atomic E-state index is -1.06. The Morgan fingerprint density at radius 3 is 2.50 bits per heavy atom. The number of hydrogen-bond acceptors (Lipinski definition) is 8. The third-order valence-corrected chi connectivity index (χ3v) is 8.65. The molecule has 0 bridgehead atoms. The lowest BCUT2D eigenvalue weighted by molar-refractivity contribution is -0.177. The minimum Gasteiger partial charge on any atom is -0.496 e. The summed E-state index contributed by atoms with van der Waals surface area (Å²) in [4.78, 5) is 38.8. The van der Waals surface area contributed by atoms with Gasteiger partial charge in [0.25, 0.3) is 0 Å². The van der Waals surface area contributed by atoms with Crippen molar-refractivity contribution in [1.29, 1.82) is 0 Å². The lowest BCUT2D eigenvalue weighted by Crippen LogP contribution is -2.53. The van der Waals surface area contributed by atoms with Crippen molar-refractivity contribution < 1.29 is 23.8 Å². The molecule has 2 heterocycles. The monoisotopic (exact) mass is 537 g/mol. The first-order valence-corrected chi connectivity index (χ1v) is 13.4. The van der Waals surface area contributed by atoms with Crippen LogP contribution >= 0.6 is 23.4 Å². The highest BCUT2D eigenvalue weighted by Gasteiger charge is 2.52. The van der Waals surface area contributed by atoms with Crippen LogP contribution in [0.5, 0.6) is 11.5 Å². The van der Waals surface area contributed by atoms with E-state index in [-0.39, 0.29) is 29.9 Å². The molecule has 11 heteroatoms.